The summed E-state index contributed by atoms with van der Waals surface area (Å²) in [5, 5.41) is 2.83. The summed E-state index contributed by atoms with van der Waals surface area (Å²) in [6.07, 6.45) is -0.546. The highest BCUT2D eigenvalue weighted by Crippen LogP contribution is 2.25. The first-order chi connectivity index (χ1) is 11.6. The van der Waals surface area contributed by atoms with Crippen LogP contribution in [0.2, 0.25) is 0 Å². The molecule has 1 amide bonds. The van der Waals surface area contributed by atoms with Gasteiger partial charge in [0.05, 0.1) is 6.54 Å². The molecule has 1 atom stereocenters. The Morgan fingerprint density at radius 2 is 1.67 bits per heavy atom. The van der Waals surface area contributed by atoms with Gasteiger partial charge in [0.1, 0.15) is 18.1 Å². The Morgan fingerprint density at radius 3 is 2.38 bits per heavy atom. The lowest BCUT2D eigenvalue weighted by Crippen LogP contribution is -2.38. The maximum absolute atomic E-state index is 12.0. The van der Waals surface area contributed by atoms with Crippen LogP contribution in [0.15, 0.2) is 54.6 Å². The van der Waals surface area contributed by atoms with Crippen molar-refractivity contribution in [3.63, 3.8) is 0 Å². The van der Waals surface area contributed by atoms with Gasteiger partial charge in [-0.3, -0.25) is 4.79 Å². The number of amides is 1. The first kappa shape index (κ1) is 17.9. The molecule has 0 heterocycles. The molecular formula is C20H25NO3. The largest absolute Gasteiger partial charge is 0.491 e. The average Bonchev–Trinajstić information content (AvgIpc) is 2.59. The number of para-hydroxylation sites is 2. The number of carbonyl (C=O) groups is 1. The molecule has 0 radical (unpaired) electrons. The fraction of sp³-hybridized carbons (Fsp3) is 0.350. The molecule has 0 aliphatic rings. The molecular weight excluding hydrogens is 302 g/mol. The molecule has 1 N–H and O–H groups in total. The van der Waals surface area contributed by atoms with Gasteiger partial charge >= 0.3 is 0 Å². The summed E-state index contributed by atoms with van der Waals surface area (Å²) in [6.45, 7) is 6.86. The van der Waals surface area contributed by atoms with E-state index in [4.69, 9.17) is 9.47 Å². The third-order valence-electron chi connectivity index (χ3n) is 3.63. The number of carbonyl (C=O) groups excluding carboxylic acids is 1. The minimum absolute atomic E-state index is 0.153. The topological polar surface area (TPSA) is 47.6 Å². The second-order valence-electron chi connectivity index (χ2n) is 5.91. The van der Waals surface area contributed by atoms with Crippen molar-refractivity contribution in [1.82, 2.24) is 5.32 Å². The summed E-state index contributed by atoms with van der Waals surface area (Å²) in [5.74, 6) is 1.80. The molecule has 4 nitrogen and oxygen atoms in total. The standard InChI is InChI=1S/C20H25NO3/c1-15(2)18-11-7-8-12-19(18)23-14-13-21-20(22)16(3)24-17-9-5-4-6-10-17/h4-12,15-16H,13-14H2,1-3H3,(H,21,22). The smallest absolute Gasteiger partial charge is 0.260 e. The number of nitrogens with one attached hydrogen (secondary N) is 1. The van der Waals surface area contributed by atoms with Crippen LogP contribution in [0, 0.1) is 0 Å². The van der Waals surface area contributed by atoms with Crippen molar-refractivity contribution in [2.75, 3.05) is 13.2 Å². The molecule has 128 valence electrons. The highest BCUT2D eigenvalue weighted by molar-refractivity contribution is 5.80. The Kier molecular flexibility index (Phi) is 6.67. The van der Waals surface area contributed by atoms with Crippen molar-refractivity contribution >= 4 is 5.91 Å². The highest BCUT2D eigenvalue weighted by atomic mass is 16.5. The quantitative estimate of drug-likeness (QED) is 0.751. The lowest BCUT2D eigenvalue weighted by molar-refractivity contribution is -0.127. The SMILES string of the molecule is CC(Oc1ccccc1)C(=O)NCCOc1ccccc1C(C)C. The molecule has 0 spiro atoms. The molecule has 2 rings (SSSR count). The molecule has 0 saturated carbocycles. The summed E-state index contributed by atoms with van der Waals surface area (Å²) in [6, 6.07) is 17.3. The molecule has 2 aromatic rings. The molecule has 0 aliphatic heterocycles. The zero-order chi connectivity index (χ0) is 17.4. The number of rotatable bonds is 8. The Morgan fingerprint density at radius 1 is 1.00 bits per heavy atom. The van der Waals surface area contributed by atoms with Gasteiger partial charge in [-0.1, -0.05) is 50.2 Å². The van der Waals surface area contributed by atoms with E-state index in [2.05, 4.69) is 25.2 Å². The van der Waals surface area contributed by atoms with Crippen molar-refractivity contribution < 1.29 is 14.3 Å². The highest BCUT2D eigenvalue weighted by Gasteiger charge is 2.14. The molecule has 24 heavy (non-hydrogen) atoms. The van der Waals surface area contributed by atoms with E-state index in [-0.39, 0.29) is 5.91 Å². The van der Waals surface area contributed by atoms with E-state index in [1.165, 1.54) is 5.56 Å². The van der Waals surface area contributed by atoms with Gasteiger partial charge in [-0.2, -0.15) is 0 Å². The Bertz CT molecular complexity index is 640. The third-order valence-corrected chi connectivity index (χ3v) is 3.63. The monoisotopic (exact) mass is 327 g/mol. The van der Waals surface area contributed by atoms with Crippen LogP contribution in [-0.4, -0.2) is 25.2 Å². The van der Waals surface area contributed by atoms with Crippen LogP contribution in [0.25, 0.3) is 0 Å². The van der Waals surface area contributed by atoms with E-state index < -0.39 is 6.10 Å². The predicted molar refractivity (Wildman–Crippen MR) is 95.6 cm³/mol. The first-order valence-electron chi connectivity index (χ1n) is 8.29. The number of benzene rings is 2. The van der Waals surface area contributed by atoms with Crippen molar-refractivity contribution in [2.45, 2.75) is 32.8 Å². The summed E-state index contributed by atoms with van der Waals surface area (Å²) < 4.78 is 11.4. The summed E-state index contributed by atoms with van der Waals surface area (Å²) in [5.41, 5.74) is 1.17. The van der Waals surface area contributed by atoms with Gasteiger partial charge in [-0.15, -0.1) is 0 Å². The van der Waals surface area contributed by atoms with Crippen molar-refractivity contribution in [3.05, 3.63) is 60.2 Å². The zero-order valence-corrected chi connectivity index (χ0v) is 14.5. The number of hydrogen-bond donors (Lipinski definition) is 1. The van der Waals surface area contributed by atoms with E-state index in [9.17, 15) is 4.79 Å². The number of hydrogen-bond acceptors (Lipinski definition) is 3. The molecule has 2 aromatic carbocycles. The molecule has 4 heteroatoms. The fourth-order valence-corrected chi connectivity index (χ4v) is 2.32. The van der Waals surface area contributed by atoms with E-state index in [1.54, 1.807) is 6.92 Å². The van der Waals surface area contributed by atoms with Crippen LogP contribution < -0.4 is 14.8 Å². The van der Waals surface area contributed by atoms with E-state index in [0.29, 0.717) is 24.8 Å². The van der Waals surface area contributed by atoms with Gasteiger partial charge in [0.2, 0.25) is 0 Å². The maximum Gasteiger partial charge on any atom is 0.260 e. The van der Waals surface area contributed by atoms with Crippen molar-refractivity contribution in [2.24, 2.45) is 0 Å². The van der Waals surface area contributed by atoms with Crippen molar-refractivity contribution in [3.8, 4) is 11.5 Å². The molecule has 1 unspecified atom stereocenters. The van der Waals surface area contributed by atoms with Crippen molar-refractivity contribution in [1.29, 1.82) is 0 Å². The van der Waals surface area contributed by atoms with Gasteiger partial charge in [-0.25, -0.2) is 0 Å². The molecule has 0 fully saturated rings. The lowest BCUT2D eigenvalue weighted by atomic mass is 10.0. The van der Waals surface area contributed by atoms with Crippen LogP contribution >= 0.6 is 0 Å². The Balaban J connectivity index is 1.75. The van der Waals surface area contributed by atoms with Crippen LogP contribution in [0.5, 0.6) is 11.5 Å². The average molecular weight is 327 g/mol. The van der Waals surface area contributed by atoms with Crippen LogP contribution in [0.4, 0.5) is 0 Å². The van der Waals surface area contributed by atoms with Crippen LogP contribution in [0.1, 0.15) is 32.3 Å². The summed E-state index contributed by atoms with van der Waals surface area (Å²) >= 11 is 0. The van der Waals surface area contributed by atoms with E-state index in [0.717, 1.165) is 5.75 Å². The van der Waals surface area contributed by atoms with Crippen LogP contribution in [0.3, 0.4) is 0 Å². The van der Waals surface area contributed by atoms with Gasteiger partial charge in [0.15, 0.2) is 6.10 Å². The Hall–Kier alpha value is -2.49. The maximum atomic E-state index is 12.0. The normalized spacial score (nSPS) is 11.8. The minimum Gasteiger partial charge on any atom is -0.491 e. The molecule has 0 bridgehead atoms. The molecule has 0 saturated heterocycles. The molecule has 0 aliphatic carbocycles. The van der Waals surface area contributed by atoms with E-state index in [1.807, 2.05) is 48.5 Å². The third kappa shape index (κ3) is 5.30. The predicted octanol–water partition coefficient (Wildman–Crippen LogP) is 3.77. The summed E-state index contributed by atoms with van der Waals surface area (Å²) in [4.78, 5) is 12.0. The fourth-order valence-electron chi connectivity index (χ4n) is 2.32. The van der Waals surface area contributed by atoms with Gasteiger partial charge in [-0.05, 0) is 36.6 Å². The van der Waals surface area contributed by atoms with Gasteiger partial charge in [0, 0.05) is 0 Å². The Labute approximate surface area is 143 Å². The van der Waals surface area contributed by atoms with E-state index >= 15 is 0 Å². The second kappa shape index (κ2) is 8.96. The lowest BCUT2D eigenvalue weighted by Gasteiger charge is -2.16. The summed E-state index contributed by atoms with van der Waals surface area (Å²) in [7, 11) is 0. The molecule has 0 aromatic heterocycles. The van der Waals surface area contributed by atoms with Crippen LogP contribution in [-0.2, 0) is 4.79 Å². The van der Waals surface area contributed by atoms with Gasteiger partial charge < -0.3 is 14.8 Å². The van der Waals surface area contributed by atoms with Gasteiger partial charge in [0.25, 0.3) is 5.91 Å². The minimum atomic E-state index is -0.546. The first-order valence-corrected chi connectivity index (χ1v) is 8.29. The number of ether oxygens (including phenoxy) is 2. The second-order valence-corrected chi connectivity index (χ2v) is 5.91. The zero-order valence-electron chi connectivity index (χ0n) is 14.5.